The van der Waals surface area contributed by atoms with Crippen molar-refractivity contribution < 1.29 is 15.0 Å². The molecule has 4 N–H and O–H groups in total. The van der Waals surface area contributed by atoms with Gasteiger partial charge in [-0.2, -0.15) is 0 Å². The summed E-state index contributed by atoms with van der Waals surface area (Å²) in [6.45, 7) is 4.48. The number of nitrogens with two attached hydrogens (primary N) is 1. The number of fused-ring (bicyclic) bond motifs is 5. The van der Waals surface area contributed by atoms with Gasteiger partial charge < -0.3 is 15.9 Å². The maximum absolute atomic E-state index is 12.0. The third-order valence-electron chi connectivity index (χ3n) is 8.64. The second kappa shape index (κ2) is 5.07. The Hall–Kier alpha value is -0.870. The Morgan fingerprint density at radius 2 is 1.88 bits per heavy atom. The number of hydrogen-bond acceptors (Lipinski definition) is 3. The SMILES string of the molecule is C[C@]12CCC(O)CC1=CC[C@@H]1[C@H]2CC[C@@]2(C)[C@H]1CCC2(O)C(N)=O. The van der Waals surface area contributed by atoms with Crippen LogP contribution in [0.25, 0.3) is 0 Å². The lowest BCUT2D eigenvalue weighted by Crippen LogP contribution is -2.59. The van der Waals surface area contributed by atoms with E-state index in [1.165, 1.54) is 5.57 Å². The second-order valence-electron chi connectivity index (χ2n) is 9.38. The van der Waals surface area contributed by atoms with Gasteiger partial charge in [-0.1, -0.05) is 25.5 Å². The molecule has 4 heteroatoms. The van der Waals surface area contributed by atoms with Gasteiger partial charge in [-0.3, -0.25) is 4.79 Å². The molecule has 0 aromatic carbocycles. The van der Waals surface area contributed by atoms with Crippen molar-refractivity contribution in [3.8, 4) is 0 Å². The molecule has 0 aliphatic heterocycles. The number of aliphatic hydroxyl groups is 2. The van der Waals surface area contributed by atoms with E-state index in [-0.39, 0.29) is 16.9 Å². The molecule has 7 atom stereocenters. The maximum Gasteiger partial charge on any atom is 0.249 e. The Labute approximate surface area is 144 Å². The van der Waals surface area contributed by atoms with Crippen molar-refractivity contribution in [2.75, 3.05) is 0 Å². The molecule has 0 aromatic heterocycles. The maximum atomic E-state index is 12.0. The monoisotopic (exact) mass is 333 g/mol. The fourth-order valence-electron chi connectivity index (χ4n) is 7.06. The molecule has 0 saturated heterocycles. The third kappa shape index (κ3) is 1.90. The largest absolute Gasteiger partial charge is 0.393 e. The van der Waals surface area contributed by atoms with Gasteiger partial charge in [0.15, 0.2) is 0 Å². The van der Waals surface area contributed by atoms with Gasteiger partial charge in [0, 0.05) is 5.41 Å². The van der Waals surface area contributed by atoms with Crippen LogP contribution in [0.2, 0.25) is 0 Å². The van der Waals surface area contributed by atoms with Crippen LogP contribution in [0.15, 0.2) is 11.6 Å². The molecule has 1 amide bonds. The van der Waals surface area contributed by atoms with E-state index < -0.39 is 11.5 Å². The van der Waals surface area contributed by atoms with Crippen LogP contribution in [0.4, 0.5) is 0 Å². The Bertz CT molecular complexity index is 602. The van der Waals surface area contributed by atoms with Gasteiger partial charge >= 0.3 is 0 Å². The lowest BCUT2D eigenvalue weighted by molar-refractivity contribution is -0.160. The number of amides is 1. The van der Waals surface area contributed by atoms with Gasteiger partial charge in [-0.15, -0.1) is 0 Å². The molecule has 4 aliphatic carbocycles. The molecule has 0 bridgehead atoms. The highest BCUT2D eigenvalue weighted by atomic mass is 16.3. The van der Waals surface area contributed by atoms with E-state index >= 15 is 0 Å². The Balaban J connectivity index is 1.69. The van der Waals surface area contributed by atoms with Crippen LogP contribution in [-0.2, 0) is 4.79 Å². The lowest BCUT2D eigenvalue weighted by atomic mass is 9.47. The summed E-state index contributed by atoms with van der Waals surface area (Å²) in [4.78, 5) is 12.0. The van der Waals surface area contributed by atoms with Crippen molar-refractivity contribution in [3.63, 3.8) is 0 Å². The quantitative estimate of drug-likeness (QED) is 0.645. The van der Waals surface area contributed by atoms with Gasteiger partial charge in [0.1, 0.15) is 5.60 Å². The van der Waals surface area contributed by atoms with Crippen LogP contribution in [0.5, 0.6) is 0 Å². The zero-order chi connectivity index (χ0) is 17.3. The van der Waals surface area contributed by atoms with Crippen LogP contribution in [0, 0.1) is 28.6 Å². The Morgan fingerprint density at radius 3 is 2.58 bits per heavy atom. The topological polar surface area (TPSA) is 83.6 Å². The number of allylic oxidation sites excluding steroid dienone is 1. The van der Waals surface area contributed by atoms with Crippen molar-refractivity contribution in [3.05, 3.63) is 11.6 Å². The van der Waals surface area contributed by atoms with Crippen molar-refractivity contribution in [1.29, 1.82) is 0 Å². The van der Waals surface area contributed by atoms with Gasteiger partial charge in [0.25, 0.3) is 0 Å². The van der Waals surface area contributed by atoms with Crippen molar-refractivity contribution in [2.45, 2.75) is 76.9 Å². The molecule has 4 aliphatic rings. The molecule has 4 nitrogen and oxygen atoms in total. The van der Waals surface area contributed by atoms with E-state index in [4.69, 9.17) is 5.73 Å². The minimum Gasteiger partial charge on any atom is -0.393 e. The first-order valence-corrected chi connectivity index (χ1v) is 9.62. The third-order valence-corrected chi connectivity index (χ3v) is 8.64. The van der Waals surface area contributed by atoms with E-state index in [2.05, 4.69) is 19.9 Å². The number of carbonyl (C=O) groups is 1. The summed E-state index contributed by atoms with van der Waals surface area (Å²) in [6.07, 6.45) is 9.34. The highest BCUT2D eigenvalue weighted by molar-refractivity contribution is 5.84. The van der Waals surface area contributed by atoms with Gasteiger partial charge in [0.05, 0.1) is 6.10 Å². The lowest BCUT2D eigenvalue weighted by Gasteiger charge is -2.58. The zero-order valence-corrected chi connectivity index (χ0v) is 14.9. The summed E-state index contributed by atoms with van der Waals surface area (Å²) in [5.74, 6) is 0.972. The average molecular weight is 333 g/mol. The minimum atomic E-state index is -1.34. The van der Waals surface area contributed by atoms with Crippen LogP contribution in [0.3, 0.4) is 0 Å². The zero-order valence-electron chi connectivity index (χ0n) is 14.9. The number of primary amides is 1. The van der Waals surface area contributed by atoms with Gasteiger partial charge in [-0.25, -0.2) is 0 Å². The number of rotatable bonds is 1. The van der Waals surface area contributed by atoms with Crippen LogP contribution in [-0.4, -0.2) is 27.8 Å². The van der Waals surface area contributed by atoms with E-state index in [1.807, 2.05) is 0 Å². The van der Waals surface area contributed by atoms with Crippen LogP contribution < -0.4 is 5.73 Å². The van der Waals surface area contributed by atoms with E-state index in [0.29, 0.717) is 24.2 Å². The molecular weight excluding hydrogens is 302 g/mol. The highest BCUT2D eigenvalue weighted by Crippen LogP contribution is 2.67. The average Bonchev–Trinajstić information content (AvgIpc) is 2.81. The highest BCUT2D eigenvalue weighted by Gasteiger charge is 2.65. The van der Waals surface area contributed by atoms with E-state index in [0.717, 1.165) is 44.9 Å². The Kier molecular flexibility index (Phi) is 3.51. The van der Waals surface area contributed by atoms with Crippen LogP contribution >= 0.6 is 0 Å². The molecule has 0 aromatic rings. The number of hydrogen-bond donors (Lipinski definition) is 3. The molecule has 3 fully saturated rings. The molecule has 2 unspecified atom stereocenters. The van der Waals surface area contributed by atoms with Crippen molar-refractivity contribution in [2.24, 2.45) is 34.3 Å². The number of carbonyl (C=O) groups excluding carboxylic acids is 1. The molecule has 134 valence electrons. The molecule has 24 heavy (non-hydrogen) atoms. The van der Waals surface area contributed by atoms with Crippen LogP contribution in [0.1, 0.15) is 65.2 Å². The first-order chi connectivity index (χ1) is 11.2. The molecule has 0 radical (unpaired) electrons. The molecule has 3 saturated carbocycles. The smallest absolute Gasteiger partial charge is 0.249 e. The summed E-state index contributed by atoms with van der Waals surface area (Å²) >= 11 is 0. The summed E-state index contributed by atoms with van der Waals surface area (Å²) in [5, 5.41) is 21.1. The molecular formula is C20H31NO3. The first-order valence-electron chi connectivity index (χ1n) is 9.62. The van der Waals surface area contributed by atoms with Gasteiger partial charge in [0.2, 0.25) is 5.91 Å². The fourth-order valence-corrected chi connectivity index (χ4v) is 7.06. The summed E-state index contributed by atoms with van der Waals surface area (Å²) in [7, 11) is 0. The summed E-state index contributed by atoms with van der Waals surface area (Å²) in [6, 6.07) is 0. The molecule has 0 spiro atoms. The minimum absolute atomic E-state index is 0.179. The number of aliphatic hydroxyl groups excluding tert-OH is 1. The normalized spacial score (nSPS) is 53.6. The van der Waals surface area contributed by atoms with E-state index in [9.17, 15) is 15.0 Å². The molecule has 0 heterocycles. The standard InChI is InChI=1S/C20H31NO3/c1-18-8-5-13(22)11-12(18)3-4-14-15(18)6-9-19(2)16(14)7-10-20(19,24)17(21)23/h3,13-16,22,24H,4-11H2,1-2H3,(H2,21,23)/t13?,14-,15-,16+,18+,19+,20?/m1/s1. The summed E-state index contributed by atoms with van der Waals surface area (Å²) < 4.78 is 0. The van der Waals surface area contributed by atoms with E-state index in [1.54, 1.807) is 0 Å². The second-order valence-corrected chi connectivity index (χ2v) is 9.38. The molecule has 4 rings (SSSR count). The predicted octanol–water partition coefficient (Wildman–Crippen LogP) is 2.53. The fraction of sp³-hybridized carbons (Fsp3) is 0.850. The Morgan fingerprint density at radius 1 is 1.17 bits per heavy atom. The van der Waals surface area contributed by atoms with Crippen molar-refractivity contribution >= 4 is 5.91 Å². The first kappa shape index (κ1) is 16.6. The van der Waals surface area contributed by atoms with Crippen molar-refractivity contribution in [1.82, 2.24) is 0 Å². The van der Waals surface area contributed by atoms with Gasteiger partial charge in [-0.05, 0) is 74.5 Å². The summed E-state index contributed by atoms with van der Waals surface area (Å²) in [5.41, 5.74) is 5.54. The predicted molar refractivity (Wildman–Crippen MR) is 91.9 cm³/mol.